The van der Waals surface area contributed by atoms with Gasteiger partial charge in [0.15, 0.2) is 0 Å². The molecule has 0 bridgehead atoms. The Kier molecular flexibility index (Phi) is 6.53. The van der Waals surface area contributed by atoms with Crippen molar-refractivity contribution >= 4 is 71.2 Å². The lowest BCUT2D eigenvalue weighted by molar-refractivity contribution is 1.18. The number of nitrogens with zero attached hydrogens (tertiary/aromatic N) is 2. The first-order valence-electron chi connectivity index (χ1n) is 17.2. The summed E-state index contributed by atoms with van der Waals surface area (Å²) in [7, 11) is 0. The second-order valence-electron chi connectivity index (χ2n) is 13.0. The quantitative estimate of drug-likeness (QED) is 0.171. The Morgan fingerprint density at radius 3 is 1.46 bits per heavy atom. The molecule has 0 aliphatic heterocycles. The lowest BCUT2D eigenvalue weighted by Crippen LogP contribution is -2.10. The average molecular weight is 637 g/mol. The monoisotopic (exact) mass is 636 g/mol. The molecule has 10 aromatic rings. The Balaban J connectivity index is 1.25. The van der Waals surface area contributed by atoms with Gasteiger partial charge in [-0.2, -0.15) is 0 Å². The zero-order chi connectivity index (χ0) is 33.0. The smallest absolute Gasteiger partial charge is 0.0542 e. The Hall–Kier alpha value is -6.64. The van der Waals surface area contributed by atoms with E-state index in [1.54, 1.807) is 0 Å². The van der Waals surface area contributed by atoms with Crippen LogP contribution < -0.4 is 4.90 Å². The van der Waals surface area contributed by atoms with E-state index in [9.17, 15) is 0 Å². The van der Waals surface area contributed by atoms with Gasteiger partial charge in [0.1, 0.15) is 0 Å². The van der Waals surface area contributed by atoms with Gasteiger partial charge in [0.05, 0.1) is 11.0 Å². The summed E-state index contributed by atoms with van der Waals surface area (Å²) in [6.07, 6.45) is 0. The van der Waals surface area contributed by atoms with Gasteiger partial charge in [-0.3, -0.25) is 0 Å². The van der Waals surface area contributed by atoms with E-state index in [0.717, 1.165) is 22.7 Å². The van der Waals surface area contributed by atoms with Gasteiger partial charge in [0, 0.05) is 33.5 Å². The molecule has 50 heavy (non-hydrogen) atoms. The Morgan fingerprint density at radius 2 is 0.760 bits per heavy atom. The van der Waals surface area contributed by atoms with E-state index in [4.69, 9.17) is 0 Å². The third-order valence-electron chi connectivity index (χ3n) is 10.1. The van der Waals surface area contributed by atoms with Crippen molar-refractivity contribution in [1.82, 2.24) is 4.57 Å². The van der Waals surface area contributed by atoms with Gasteiger partial charge >= 0.3 is 0 Å². The van der Waals surface area contributed by atoms with Gasteiger partial charge < -0.3 is 9.47 Å². The van der Waals surface area contributed by atoms with Gasteiger partial charge in [-0.25, -0.2) is 0 Å². The maximum absolute atomic E-state index is 2.42. The lowest BCUT2D eigenvalue weighted by atomic mass is 9.94. The number of fused-ring (bicyclic) bond motifs is 9. The molecule has 10 rings (SSSR count). The molecular formula is C48H32N2. The molecule has 0 N–H and O–H groups in total. The van der Waals surface area contributed by atoms with Crippen LogP contribution in [0.3, 0.4) is 0 Å². The summed E-state index contributed by atoms with van der Waals surface area (Å²) >= 11 is 0. The van der Waals surface area contributed by atoms with Crippen molar-refractivity contribution in [2.75, 3.05) is 4.90 Å². The molecule has 0 aliphatic rings. The summed E-state index contributed by atoms with van der Waals surface area (Å²) in [6, 6.07) is 70.5. The summed E-state index contributed by atoms with van der Waals surface area (Å²) in [5, 5.41) is 10.1. The maximum Gasteiger partial charge on any atom is 0.0542 e. The number of aromatic nitrogens is 1. The van der Waals surface area contributed by atoms with Crippen LogP contribution in [0, 0.1) is 0 Å². The highest BCUT2D eigenvalue weighted by atomic mass is 15.1. The second kappa shape index (κ2) is 11.5. The third-order valence-corrected chi connectivity index (χ3v) is 10.1. The van der Waals surface area contributed by atoms with Gasteiger partial charge in [-0.1, -0.05) is 133 Å². The molecule has 0 saturated heterocycles. The van der Waals surface area contributed by atoms with Crippen LogP contribution in [0.15, 0.2) is 194 Å². The van der Waals surface area contributed by atoms with Crippen molar-refractivity contribution in [3.8, 4) is 16.8 Å². The molecule has 2 heteroatoms. The number of anilines is 3. The molecule has 1 aromatic heterocycles. The fraction of sp³-hybridized carbons (Fsp3) is 0. The zero-order valence-electron chi connectivity index (χ0n) is 27.4. The first-order valence-corrected chi connectivity index (χ1v) is 17.2. The maximum atomic E-state index is 2.42. The number of hydrogen-bond donors (Lipinski definition) is 0. The predicted octanol–water partition coefficient (Wildman–Crippen LogP) is 13.4. The normalized spacial score (nSPS) is 11.6. The Bertz CT molecular complexity index is 2830. The third kappa shape index (κ3) is 4.50. The van der Waals surface area contributed by atoms with Crippen LogP contribution in [-0.2, 0) is 0 Å². The second-order valence-corrected chi connectivity index (χ2v) is 13.0. The molecule has 0 unspecified atom stereocenters. The number of benzene rings is 9. The van der Waals surface area contributed by atoms with Gasteiger partial charge in [0.25, 0.3) is 0 Å². The molecule has 0 spiro atoms. The summed E-state index contributed by atoms with van der Waals surface area (Å²) in [6.45, 7) is 0. The van der Waals surface area contributed by atoms with Crippen molar-refractivity contribution in [2.24, 2.45) is 0 Å². The fourth-order valence-electron chi connectivity index (χ4n) is 7.89. The molecule has 0 aliphatic carbocycles. The van der Waals surface area contributed by atoms with Crippen LogP contribution in [-0.4, -0.2) is 4.57 Å². The SMILES string of the molecule is c1ccc(-c2cccc(N(c3ccc4c5ccccc5c5ccccc5c4c3)c3ccc4c(c3)c3ccccc3n4-c3ccccc3)c2)cc1. The van der Waals surface area contributed by atoms with Crippen molar-refractivity contribution in [3.05, 3.63) is 194 Å². The molecule has 0 fully saturated rings. The highest BCUT2D eigenvalue weighted by Crippen LogP contribution is 2.43. The minimum Gasteiger partial charge on any atom is -0.310 e. The largest absolute Gasteiger partial charge is 0.310 e. The van der Waals surface area contributed by atoms with E-state index in [0.29, 0.717) is 0 Å². The predicted molar refractivity (Wildman–Crippen MR) is 213 cm³/mol. The average Bonchev–Trinajstić information content (AvgIpc) is 3.53. The van der Waals surface area contributed by atoms with E-state index < -0.39 is 0 Å². The number of rotatable bonds is 5. The molecule has 0 amide bonds. The highest BCUT2D eigenvalue weighted by Gasteiger charge is 2.19. The van der Waals surface area contributed by atoms with E-state index in [1.165, 1.54) is 65.3 Å². The molecular weight excluding hydrogens is 605 g/mol. The first-order chi connectivity index (χ1) is 24.8. The van der Waals surface area contributed by atoms with Gasteiger partial charge in [-0.05, 0) is 104 Å². The van der Waals surface area contributed by atoms with E-state index in [-0.39, 0.29) is 0 Å². The van der Waals surface area contributed by atoms with E-state index in [1.807, 2.05) is 0 Å². The van der Waals surface area contributed by atoms with Crippen LogP contribution in [0.4, 0.5) is 17.1 Å². The van der Waals surface area contributed by atoms with Crippen molar-refractivity contribution in [3.63, 3.8) is 0 Å². The van der Waals surface area contributed by atoms with E-state index in [2.05, 4.69) is 204 Å². The Morgan fingerprint density at radius 1 is 0.280 bits per heavy atom. The summed E-state index contributed by atoms with van der Waals surface area (Å²) in [5.74, 6) is 0. The van der Waals surface area contributed by atoms with Crippen molar-refractivity contribution in [1.29, 1.82) is 0 Å². The minimum absolute atomic E-state index is 1.11. The van der Waals surface area contributed by atoms with Crippen LogP contribution >= 0.6 is 0 Å². The molecule has 0 atom stereocenters. The summed E-state index contributed by atoms with van der Waals surface area (Å²) in [5.41, 5.74) is 9.29. The van der Waals surface area contributed by atoms with Crippen LogP contribution in [0.25, 0.3) is 70.9 Å². The summed E-state index contributed by atoms with van der Waals surface area (Å²) < 4.78 is 2.38. The van der Waals surface area contributed by atoms with Crippen molar-refractivity contribution in [2.45, 2.75) is 0 Å². The van der Waals surface area contributed by atoms with Gasteiger partial charge in [0.2, 0.25) is 0 Å². The zero-order valence-corrected chi connectivity index (χ0v) is 27.4. The molecule has 1 heterocycles. The number of hydrogen-bond acceptors (Lipinski definition) is 1. The fourth-order valence-corrected chi connectivity index (χ4v) is 7.89. The first kappa shape index (κ1) is 28.4. The number of para-hydroxylation sites is 2. The van der Waals surface area contributed by atoms with Crippen LogP contribution in [0.2, 0.25) is 0 Å². The van der Waals surface area contributed by atoms with E-state index >= 15 is 0 Å². The minimum atomic E-state index is 1.11. The molecule has 2 nitrogen and oxygen atoms in total. The van der Waals surface area contributed by atoms with Crippen LogP contribution in [0.5, 0.6) is 0 Å². The highest BCUT2D eigenvalue weighted by molar-refractivity contribution is 6.26. The molecule has 9 aromatic carbocycles. The molecule has 0 saturated carbocycles. The molecule has 234 valence electrons. The van der Waals surface area contributed by atoms with Crippen LogP contribution in [0.1, 0.15) is 0 Å². The summed E-state index contributed by atoms with van der Waals surface area (Å²) in [4.78, 5) is 2.42. The van der Waals surface area contributed by atoms with Gasteiger partial charge in [-0.15, -0.1) is 0 Å². The lowest BCUT2D eigenvalue weighted by Gasteiger charge is -2.27. The Labute approximate surface area is 290 Å². The standard InChI is InChI=1S/C48H32N2/c1-3-14-33(15-4-1)34-16-13-19-36(30-34)49(37-26-28-43-41-22-8-7-20-39(41)40-21-9-10-23-42(40)45(43)31-37)38-27-29-48-46(32-38)44-24-11-12-25-47(44)50(48)35-17-5-2-6-18-35/h1-32H. The molecule has 0 radical (unpaired) electrons. The topological polar surface area (TPSA) is 8.17 Å². The van der Waals surface area contributed by atoms with Crippen molar-refractivity contribution < 1.29 is 0 Å².